The van der Waals surface area contributed by atoms with Gasteiger partial charge in [-0.05, 0) is 30.3 Å². The van der Waals surface area contributed by atoms with E-state index in [4.69, 9.17) is 0 Å². The van der Waals surface area contributed by atoms with Crippen LogP contribution in [0.4, 0.5) is 18.9 Å². The highest BCUT2D eigenvalue weighted by atomic mass is 79.9. The van der Waals surface area contributed by atoms with E-state index in [1.165, 1.54) is 10.8 Å². The van der Waals surface area contributed by atoms with Crippen LogP contribution in [-0.4, -0.2) is 16.8 Å². The fourth-order valence-corrected chi connectivity index (χ4v) is 2.85. The van der Waals surface area contributed by atoms with E-state index in [2.05, 4.69) is 21.2 Å². The molecule has 0 fully saturated rings. The van der Waals surface area contributed by atoms with E-state index in [0.717, 1.165) is 16.6 Å². The summed E-state index contributed by atoms with van der Waals surface area (Å²) in [7, 11) is 0. The Labute approximate surface area is 148 Å². The number of hydrogen-bond acceptors (Lipinski definition) is 2. The first-order valence-corrected chi connectivity index (χ1v) is 7.87. The van der Waals surface area contributed by atoms with Crippen molar-refractivity contribution >= 4 is 44.7 Å². The largest absolute Gasteiger partial charge is 0.337 e. The summed E-state index contributed by atoms with van der Waals surface area (Å²) in [6.07, 6.45) is 2.16. The molecule has 4 nitrogen and oxygen atoms in total. The summed E-state index contributed by atoms with van der Waals surface area (Å²) in [5, 5.41) is 2.84. The van der Waals surface area contributed by atoms with Gasteiger partial charge in [-0.1, -0.05) is 15.9 Å². The highest BCUT2D eigenvalue weighted by Crippen LogP contribution is 2.25. The number of aldehydes is 1. The topological polar surface area (TPSA) is 51.1 Å². The van der Waals surface area contributed by atoms with Gasteiger partial charge in [-0.15, -0.1) is 0 Å². The molecular formula is C17H10BrF3N2O2. The molecular weight excluding hydrogens is 401 g/mol. The average Bonchev–Trinajstić information content (AvgIpc) is 2.92. The minimum atomic E-state index is -1.66. The van der Waals surface area contributed by atoms with Crippen LogP contribution in [0.25, 0.3) is 10.9 Å². The Morgan fingerprint density at radius 2 is 1.92 bits per heavy atom. The minimum absolute atomic E-state index is 0.232. The molecule has 0 saturated heterocycles. The maximum atomic E-state index is 13.6. The summed E-state index contributed by atoms with van der Waals surface area (Å²) >= 11 is 3.31. The van der Waals surface area contributed by atoms with E-state index in [9.17, 15) is 22.8 Å². The fourth-order valence-electron chi connectivity index (χ4n) is 2.49. The molecule has 128 valence electrons. The number of nitrogens with one attached hydrogen (secondary N) is 1. The maximum Gasteiger partial charge on any atom is 0.244 e. The molecule has 3 rings (SSSR count). The third-order valence-electron chi connectivity index (χ3n) is 3.62. The predicted octanol–water partition coefficient (Wildman–Crippen LogP) is 4.27. The molecule has 0 atom stereocenters. The van der Waals surface area contributed by atoms with E-state index >= 15 is 0 Å². The third-order valence-corrected chi connectivity index (χ3v) is 4.12. The second-order valence-corrected chi connectivity index (χ2v) is 6.18. The summed E-state index contributed by atoms with van der Waals surface area (Å²) in [5.41, 5.74) is 0.563. The van der Waals surface area contributed by atoms with Crippen molar-refractivity contribution in [1.29, 1.82) is 0 Å². The first-order valence-electron chi connectivity index (χ1n) is 7.07. The van der Waals surface area contributed by atoms with Gasteiger partial charge in [0.05, 0.1) is 5.69 Å². The Kier molecular flexibility index (Phi) is 4.63. The Bertz CT molecular complexity index is 1000. The van der Waals surface area contributed by atoms with Crippen LogP contribution in [0.5, 0.6) is 0 Å². The van der Waals surface area contributed by atoms with Gasteiger partial charge in [-0.3, -0.25) is 9.59 Å². The molecule has 1 N–H and O–H groups in total. The Balaban J connectivity index is 1.88. The number of anilines is 1. The fraction of sp³-hybridized carbons (Fsp3) is 0.0588. The predicted molar refractivity (Wildman–Crippen MR) is 90.0 cm³/mol. The van der Waals surface area contributed by atoms with Crippen molar-refractivity contribution in [2.24, 2.45) is 0 Å². The first kappa shape index (κ1) is 17.2. The number of aromatic nitrogens is 1. The van der Waals surface area contributed by atoms with Gasteiger partial charge in [0.1, 0.15) is 6.54 Å². The zero-order chi connectivity index (χ0) is 18.1. The lowest BCUT2D eigenvalue weighted by Gasteiger charge is -2.09. The van der Waals surface area contributed by atoms with Crippen molar-refractivity contribution in [3.63, 3.8) is 0 Å². The number of rotatable bonds is 4. The van der Waals surface area contributed by atoms with Crippen LogP contribution in [0.15, 0.2) is 41.0 Å². The van der Waals surface area contributed by atoms with E-state index in [1.807, 2.05) is 0 Å². The molecule has 0 aliphatic rings. The van der Waals surface area contributed by atoms with Crippen molar-refractivity contribution in [3.8, 4) is 0 Å². The van der Waals surface area contributed by atoms with Crippen molar-refractivity contribution in [2.45, 2.75) is 6.54 Å². The zero-order valence-electron chi connectivity index (χ0n) is 12.5. The van der Waals surface area contributed by atoms with Crippen LogP contribution < -0.4 is 5.32 Å². The van der Waals surface area contributed by atoms with Gasteiger partial charge in [0, 0.05) is 27.1 Å². The third kappa shape index (κ3) is 3.30. The molecule has 0 spiro atoms. The second kappa shape index (κ2) is 6.72. The molecule has 1 amide bonds. The molecule has 0 saturated carbocycles. The second-order valence-electron chi connectivity index (χ2n) is 5.26. The van der Waals surface area contributed by atoms with Crippen LogP contribution in [0.2, 0.25) is 0 Å². The Morgan fingerprint density at radius 3 is 2.64 bits per heavy atom. The summed E-state index contributed by atoms with van der Waals surface area (Å²) < 4.78 is 42.1. The minimum Gasteiger partial charge on any atom is -0.337 e. The Hall–Kier alpha value is -2.61. The number of hydrogen-bond donors (Lipinski definition) is 1. The van der Waals surface area contributed by atoms with Gasteiger partial charge >= 0.3 is 0 Å². The molecule has 2 aromatic carbocycles. The molecule has 1 heterocycles. The summed E-state index contributed by atoms with van der Waals surface area (Å²) in [5.74, 6) is -5.11. The average molecular weight is 411 g/mol. The number of nitrogens with zero attached hydrogens (tertiary/aromatic N) is 1. The van der Waals surface area contributed by atoms with Crippen LogP contribution in [0, 0.1) is 17.5 Å². The van der Waals surface area contributed by atoms with Crippen molar-refractivity contribution < 1.29 is 22.8 Å². The van der Waals surface area contributed by atoms with Crippen molar-refractivity contribution in [2.75, 3.05) is 5.32 Å². The molecule has 0 aliphatic carbocycles. The quantitative estimate of drug-likeness (QED) is 0.515. The summed E-state index contributed by atoms with van der Waals surface area (Å²) in [6, 6.07) is 6.87. The Morgan fingerprint density at radius 1 is 1.16 bits per heavy atom. The number of benzene rings is 2. The number of amides is 1. The van der Waals surface area contributed by atoms with Crippen molar-refractivity contribution in [3.05, 3.63) is 64.0 Å². The lowest BCUT2D eigenvalue weighted by Crippen LogP contribution is -2.19. The smallest absolute Gasteiger partial charge is 0.244 e. The van der Waals surface area contributed by atoms with Crippen molar-refractivity contribution in [1.82, 2.24) is 4.57 Å². The molecule has 0 radical (unpaired) electrons. The maximum absolute atomic E-state index is 13.6. The van der Waals surface area contributed by atoms with E-state index in [0.29, 0.717) is 22.8 Å². The first-order chi connectivity index (χ1) is 11.9. The number of halogens is 4. The SMILES string of the molecule is O=Cc1cn(CC(=O)Nc2ccc(F)c(F)c2F)c2ccc(Br)cc12. The van der Waals surface area contributed by atoms with E-state index in [-0.39, 0.29) is 6.54 Å². The summed E-state index contributed by atoms with van der Waals surface area (Å²) in [4.78, 5) is 23.3. The molecule has 25 heavy (non-hydrogen) atoms. The van der Waals surface area contributed by atoms with E-state index < -0.39 is 29.0 Å². The van der Waals surface area contributed by atoms with Gasteiger partial charge in [-0.25, -0.2) is 13.2 Å². The molecule has 3 aromatic rings. The van der Waals surface area contributed by atoms with Crippen LogP contribution in [0.3, 0.4) is 0 Å². The number of carbonyl (C=O) groups is 2. The molecule has 0 bridgehead atoms. The number of carbonyl (C=O) groups excluding carboxylic acids is 2. The van der Waals surface area contributed by atoms with Crippen LogP contribution >= 0.6 is 15.9 Å². The summed E-state index contributed by atoms with van der Waals surface area (Å²) in [6.45, 7) is -0.232. The molecule has 8 heteroatoms. The van der Waals surface area contributed by atoms with Gasteiger partial charge in [0.25, 0.3) is 0 Å². The number of fused-ring (bicyclic) bond motifs is 1. The highest BCUT2D eigenvalue weighted by molar-refractivity contribution is 9.10. The lowest BCUT2D eigenvalue weighted by molar-refractivity contribution is -0.116. The van der Waals surface area contributed by atoms with Gasteiger partial charge in [0.15, 0.2) is 23.7 Å². The van der Waals surface area contributed by atoms with Gasteiger partial charge in [0.2, 0.25) is 5.91 Å². The van der Waals surface area contributed by atoms with E-state index in [1.54, 1.807) is 18.2 Å². The van der Waals surface area contributed by atoms with Gasteiger partial charge < -0.3 is 9.88 Å². The van der Waals surface area contributed by atoms with Gasteiger partial charge in [-0.2, -0.15) is 0 Å². The molecule has 1 aromatic heterocycles. The monoisotopic (exact) mass is 410 g/mol. The molecule has 0 unspecified atom stereocenters. The van der Waals surface area contributed by atoms with Crippen LogP contribution in [-0.2, 0) is 11.3 Å². The normalized spacial score (nSPS) is 10.9. The van der Waals surface area contributed by atoms with Crippen LogP contribution in [0.1, 0.15) is 10.4 Å². The standard InChI is InChI=1S/C17H10BrF3N2O2/c18-10-1-4-14-11(5-10)9(8-24)6-23(14)7-15(25)22-13-3-2-12(19)16(20)17(13)21/h1-6,8H,7H2,(H,22,25). The zero-order valence-corrected chi connectivity index (χ0v) is 14.1. The lowest BCUT2D eigenvalue weighted by atomic mass is 10.2. The highest BCUT2D eigenvalue weighted by Gasteiger charge is 2.16. The molecule has 0 aliphatic heterocycles.